The van der Waals surface area contributed by atoms with E-state index in [0.717, 1.165) is 22.3 Å². The number of esters is 2. The molecule has 24 heteroatoms. The number of ether oxygens (including phenoxy) is 18. The highest BCUT2D eigenvalue weighted by Crippen LogP contribution is 2.16. The van der Waals surface area contributed by atoms with Crippen LogP contribution < -0.4 is 0 Å². The van der Waals surface area contributed by atoms with E-state index in [1.165, 1.54) is 0 Å². The van der Waals surface area contributed by atoms with E-state index in [2.05, 4.69) is 35.5 Å². The molecule has 0 N–H and O–H groups in total. The SMILES string of the molecule is C=Cc1ccc(COCCOCCOCCOCCOCCOCCOCCOCCOC(=O)C(CC(C)C#N)N=NC(CC(C)C#N)C(=O)OCCOCCOCCOCCOCCOCCOCCOCCOCc2ccc(C=C)cc2)cc1. The topological polar surface area (TPSA) is 273 Å². The van der Waals surface area contributed by atoms with Crippen molar-refractivity contribution in [3.8, 4) is 12.1 Å². The zero-order valence-electron chi connectivity index (χ0n) is 50.9. The van der Waals surface area contributed by atoms with Crippen molar-refractivity contribution >= 4 is 24.1 Å². The number of carbonyl (C=O) groups is 2. The Morgan fingerprint density at radius 2 is 0.558 bits per heavy atom. The molecule has 0 heterocycles. The van der Waals surface area contributed by atoms with Crippen LogP contribution in [-0.2, 0) is 108 Å². The molecule has 4 unspecified atom stereocenters. The molecule has 2 aromatic carbocycles. The van der Waals surface area contributed by atoms with Crippen molar-refractivity contribution in [1.29, 1.82) is 10.5 Å². The third-order valence-electron chi connectivity index (χ3n) is 11.6. The molecular formula is C62H96N4O20. The monoisotopic (exact) mass is 1220 g/mol. The van der Waals surface area contributed by atoms with Gasteiger partial charge in [-0.25, -0.2) is 9.59 Å². The molecule has 0 saturated heterocycles. The van der Waals surface area contributed by atoms with Crippen LogP contribution in [0.25, 0.3) is 12.2 Å². The number of azo groups is 1. The summed E-state index contributed by atoms with van der Waals surface area (Å²) in [5.41, 5.74) is 4.37. The smallest absolute Gasteiger partial charge is 0.332 e. The number of hydrogen-bond acceptors (Lipinski definition) is 24. The van der Waals surface area contributed by atoms with Gasteiger partial charge in [-0.3, -0.25) is 0 Å². The number of carbonyl (C=O) groups excluding carboxylic acids is 2. The van der Waals surface area contributed by atoms with E-state index < -0.39 is 35.9 Å². The molecule has 2 aromatic rings. The maximum Gasteiger partial charge on any atom is 0.332 e. The molecule has 86 heavy (non-hydrogen) atoms. The quantitative estimate of drug-likeness (QED) is 0.0398. The first kappa shape index (κ1) is 76.9. The number of nitrogens with zero attached hydrogens (tertiary/aromatic N) is 4. The summed E-state index contributed by atoms with van der Waals surface area (Å²) in [6.45, 7) is 23.7. The fourth-order valence-corrected chi connectivity index (χ4v) is 6.87. The summed E-state index contributed by atoms with van der Waals surface area (Å²) in [5.74, 6) is -2.61. The Bertz CT molecular complexity index is 1920. The minimum absolute atomic E-state index is 0.000698. The van der Waals surface area contributed by atoms with Gasteiger partial charge in [0.2, 0.25) is 0 Å². The largest absolute Gasteiger partial charge is 0.462 e. The second-order valence-electron chi connectivity index (χ2n) is 18.7. The number of nitriles is 2. The zero-order valence-corrected chi connectivity index (χ0v) is 50.9. The lowest BCUT2D eigenvalue weighted by atomic mass is 10.0. The predicted molar refractivity (Wildman–Crippen MR) is 317 cm³/mol. The van der Waals surface area contributed by atoms with E-state index in [9.17, 15) is 20.1 Å². The summed E-state index contributed by atoms with van der Waals surface area (Å²) in [6, 6.07) is 17.9. The van der Waals surface area contributed by atoms with Gasteiger partial charge in [0.15, 0.2) is 12.1 Å². The van der Waals surface area contributed by atoms with Gasteiger partial charge in [0.1, 0.15) is 13.2 Å². The molecule has 0 spiro atoms. The minimum Gasteiger partial charge on any atom is -0.462 e. The van der Waals surface area contributed by atoms with Crippen LogP contribution in [0.3, 0.4) is 0 Å². The molecule has 4 atom stereocenters. The van der Waals surface area contributed by atoms with Gasteiger partial charge in [0.25, 0.3) is 0 Å². The molecular weight excluding hydrogens is 1120 g/mol. The lowest BCUT2D eigenvalue weighted by molar-refractivity contribution is -0.149. The Balaban J connectivity index is 1.39. The highest BCUT2D eigenvalue weighted by atomic mass is 16.6. The predicted octanol–water partition coefficient (Wildman–Crippen LogP) is 6.31. The fraction of sp³-hybridized carbons (Fsp3) is 0.677. The average Bonchev–Trinajstić information content (AvgIpc) is 3.53. The summed E-state index contributed by atoms with van der Waals surface area (Å²) >= 11 is 0. The third-order valence-corrected chi connectivity index (χ3v) is 11.6. The fourth-order valence-electron chi connectivity index (χ4n) is 6.87. The molecule has 0 saturated carbocycles. The van der Waals surface area contributed by atoms with Crippen molar-refractivity contribution in [3.05, 3.63) is 83.9 Å². The van der Waals surface area contributed by atoms with Gasteiger partial charge in [0, 0.05) is 11.8 Å². The van der Waals surface area contributed by atoms with Crippen LogP contribution in [0.4, 0.5) is 0 Å². The van der Waals surface area contributed by atoms with Gasteiger partial charge in [-0.15, -0.1) is 0 Å². The molecule has 0 bridgehead atoms. The van der Waals surface area contributed by atoms with E-state index in [4.69, 9.17) is 85.3 Å². The van der Waals surface area contributed by atoms with Crippen LogP contribution in [0.2, 0.25) is 0 Å². The average molecular weight is 1220 g/mol. The Labute approximate surface area is 509 Å². The van der Waals surface area contributed by atoms with E-state index in [-0.39, 0.29) is 52.5 Å². The lowest BCUT2D eigenvalue weighted by Gasteiger charge is -2.15. The van der Waals surface area contributed by atoms with Crippen molar-refractivity contribution in [2.75, 3.05) is 211 Å². The highest BCUT2D eigenvalue weighted by molar-refractivity contribution is 5.77. The summed E-state index contributed by atoms with van der Waals surface area (Å²) in [5, 5.41) is 27.1. The first-order valence-electron chi connectivity index (χ1n) is 29.5. The first-order valence-corrected chi connectivity index (χ1v) is 29.5. The molecule has 0 aliphatic rings. The van der Waals surface area contributed by atoms with Crippen LogP contribution >= 0.6 is 0 Å². The van der Waals surface area contributed by atoms with Crippen LogP contribution in [0, 0.1) is 34.5 Å². The Morgan fingerprint density at radius 3 is 0.756 bits per heavy atom. The van der Waals surface area contributed by atoms with Crippen molar-refractivity contribution in [2.24, 2.45) is 22.1 Å². The lowest BCUT2D eigenvalue weighted by Crippen LogP contribution is -2.28. The van der Waals surface area contributed by atoms with Crippen molar-refractivity contribution < 1.29 is 94.9 Å². The highest BCUT2D eigenvalue weighted by Gasteiger charge is 2.27. The van der Waals surface area contributed by atoms with Crippen LogP contribution in [-0.4, -0.2) is 235 Å². The second kappa shape index (κ2) is 57.5. The number of benzene rings is 2. The zero-order chi connectivity index (χ0) is 61.9. The van der Waals surface area contributed by atoms with Gasteiger partial charge in [-0.2, -0.15) is 20.8 Å². The summed E-state index contributed by atoms with van der Waals surface area (Å²) in [7, 11) is 0. The van der Waals surface area contributed by atoms with Gasteiger partial charge < -0.3 is 85.3 Å². The van der Waals surface area contributed by atoms with Crippen molar-refractivity contribution in [3.63, 3.8) is 0 Å². The van der Waals surface area contributed by atoms with Crippen LogP contribution in [0.5, 0.6) is 0 Å². The van der Waals surface area contributed by atoms with E-state index in [1.807, 2.05) is 60.7 Å². The molecule has 0 aromatic heterocycles. The Hall–Kier alpha value is -5.20. The summed E-state index contributed by atoms with van der Waals surface area (Å²) in [6.07, 6.45) is 3.62. The van der Waals surface area contributed by atoms with E-state index >= 15 is 0 Å². The standard InChI is InChI=1S/C62H96N4O20/c1-5-55-7-11-57(12-8-55)51-83-41-39-79-33-31-75-25-23-71-17-15-69-19-21-73-27-29-77-35-37-81-43-45-85-61(67)59(47-53(3)49-63)65-66-60(48-54(4)50-64)62(68)86-46-44-82-38-36-78-30-28-74-22-20-70-16-18-72-24-26-76-32-34-80-40-42-84-52-58-13-9-56(6-2)10-14-58/h5-14,53-54,59-60H,1-2,15-48,51-52H2,3-4H3. The maximum atomic E-state index is 13.0. The molecule has 24 nitrogen and oxygen atoms in total. The van der Waals surface area contributed by atoms with Gasteiger partial charge >= 0.3 is 11.9 Å². The molecule has 484 valence electrons. The number of rotatable bonds is 62. The molecule has 0 fully saturated rings. The molecule has 0 radical (unpaired) electrons. The van der Waals surface area contributed by atoms with E-state index in [0.29, 0.717) is 185 Å². The Kier molecular flexibility index (Phi) is 51.4. The van der Waals surface area contributed by atoms with Crippen LogP contribution in [0.15, 0.2) is 71.9 Å². The van der Waals surface area contributed by atoms with Crippen molar-refractivity contribution in [2.45, 2.75) is 52.0 Å². The minimum atomic E-state index is -1.17. The van der Waals surface area contributed by atoms with Crippen molar-refractivity contribution in [1.82, 2.24) is 0 Å². The molecule has 0 amide bonds. The van der Waals surface area contributed by atoms with Gasteiger partial charge in [-0.05, 0) is 48.9 Å². The van der Waals surface area contributed by atoms with Gasteiger partial charge in [0.05, 0.1) is 224 Å². The molecule has 0 aliphatic carbocycles. The van der Waals surface area contributed by atoms with E-state index in [1.54, 1.807) is 13.8 Å². The summed E-state index contributed by atoms with van der Waals surface area (Å²) < 4.78 is 99.3. The third kappa shape index (κ3) is 46.0. The Morgan fingerprint density at radius 1 is 0.360 bits per heavy atom. The normalized spacial score (nSPS) is 12.8. The van der Waals surface area contributed by atoms with Gasteiger partial charge in [-0.1, -0.05) is 73.8 Å². The van der Waals surface area contributed by atoms with Crippen LogP contribution in [0.1, 0.15) is 48.9 Å². The second-order valence-corrected chi connectivity index (χ2v) is 18.7. The summed E-state index contributed by atoms with van der Waals surface area (Å²) in [4.78, 5) is 26.0. The first-order chi connectivity index (χ1) is 42.3. The number of hydrogen-bond donors (Lipinski definition) is 0. The molecule has 0 aliphatic heterocycles. The maximum absolute atomic E-state index is 13.0. The molecule has 2 rings (SSSR count).